The Kier molecular flexibility index (Phi) is 10.2. The van der Waals surface area contributed by atoms with E-state index in [0.29, 0.717) is 41.5 Å². The number of fused-ring (bicyclic) bond motifs is 15. The van der Waals surface area contributed by atoms with E-state index in [4.69, 9.17) is 14.2 Å². The maximum absolute atomic E-state index is 12.2. The van der Waals surface area contributed by atoms with Crippen molar-refractivity contribution in [3.05, 3.63) is 53.6 Å². The normalized spacial score (nSPS) is 16.7. The fourth-order valence-corrected chi connectivity index (χ4v) is 3.60. The van der Waals surface area contributed by atoms with Gasteiger partial charge in [-0.15, -0.1) is 0 Å². The highest BCUT2D eigenvalue weighted by Crippen LogP contribution is 2.44. The van der Waals surface area contributed by atoms with E-state index in [1.54, 1.807) is 36.4 Å². The van der Waals surface area contributed by atoms with Gasteiger partial charge < -0.3 is 35.3 Å². The zero-order valence-electron chi connectivity index (χ0n) is 20.6. The molecule has 0 unspecified atom stereocenters. The first kappa shape index (κ1) is 26.6. The first-order chi connectivity index (χ1) is 17.5. The molecule has 36 heavy (non-hydrogen) atoms. The van der Waals surface area contributed by atoms with Crippen molar-refractivity contribution in [2.24, 2.45) is 0 Å². The number of phenols is 1. The number of ether oxygens (including phenoxy) is 3. The van der Waals surface area contributed by atoms with Gasteiger partial charge in [0, 0.05) is 30.8 Å². The van der Waals surface area contributed by atoms with Gasteiger partial charge in [0.15, 0.2) is 23.0 Å². The summed E-state index contributed by atoms with van der Waals surface area (Å²) in [5.74, 6) is 0.699. The Hall–Kier alpha value is -3.98. The third-order valence-corrected chi connectivity index (χ3v) is 5.47. The second-order valence-corrected chi connectivity index (χ2v) is 8.11. The number of aromatic hydroxyl groups is 1. The Labute approximate surface area is 211 Å². The van der Waals surface area contributed by atoms with Crippen LogP contribution in [-0.4, -0.2) is 57.3 Å². The molecule has 0 saturated carbocycles. The van der Waals surface area contributed by atoms with E-state index in [2.05, 4.69) is 16.0 Å². The summed E-state index contributed by atoms with van der Waals surface area (Å²) in [7, 11) is 2.97. The van der Waals surface area contributed by atoms with Gasteiger partial charge in [-0.1, -0.05) is 6.07 Å². The smallest absolute Gasteiger partial charge is 0.244 e. The highest BCUT2D eigenvalue weighted by atomic mass is 16.5. The molecule has 4 N–H and O–H groups in total. The molecule has 2 amide bonds. The van der Waals surface area contributed by atoms with E-state index in [1.165, 1.54) is 32.4 Å². The van der Waals surface area contributed by atoms with Gasteiger partial charge in [-0.05, 0) is 74.3 Å². The van der Waals surface area contributed by atoms with Crippen molar-refractivity contribution in [3.63, 3.8) is 0 Å². The van der Waals surface area contributed by atoms with Gasteiger partial charge in [0.2, 0.25) is 17.6 Å². The van der Waals surface area contributed by atoms with Gasteiger partial charge >= 0.3 is 0 Å². The molecule has 2 heterocycles. The predicted molar refractivity (Wildman–Crippen MR) is 139 cm³/mol. The van der Waals surface area contributed by atoms with Crippen LogP contribution in [0.15, 0.2) is 42.5 Å². The average molecular weight is 496 g/mol. The number of amides is 2. The molecule has 0 fully saturated rings. The molecule has 2 aliphatic heterocycles. The van der Waals surface area contributed by atoms with Crippen LogP contribution in [0.2, 0.25) is 0 Å². The summed E-state index contributed by atoms with van der Waals surface area (Å²) in [6, 6.07) is 8.18. The second kappa shape index (κ2) is 13.8. The van der Waals surface area contributed by atoms with Gasteiger partial charge in [0.1, 0.15) is 0 Å². The molecule has 192 valence electrons. The molecular formula is C27H33N3O6. The average Bonchev–Trinajstić information content (AvgIpc) is 2.88. The Bertz CT molecular complexity index is 1110. The van der Waals surface area contributed by atoms with Crippen molar-refractivity contribution in [1.82, 2.24) is 16.0 Å². The fraction of sp³-hybridized carbons (Fsp3) is 0.333. The molecule has 9 heteroatoms. The van der Waals surface area contributed by atoms with Crippen molar-refractivity contribution in [3.8, 4) is 28.7 Å². The van der Waals surface area contributed by atoms with Crippen LogP contribution in [0.25, 0.3) is 12.2 Å². The number of methoxy groups -OCH3 is 2. The Morgan fingerprint density at radius 3 is 2.17 bits per heavy atom. The first-order valence-electron chi connectivity index (χ1n) is 11.9. The van der Waals surface area contributed by atoms with Gasteiger partial charge in [-0.25, -0.2) is 0 Å². The fourth-order valence-electron chi connectivity index (χ4n) is 3.60. The maximum Gasteiger partial charge on any atom is 0.244 e. The lowest BCUT2D eigenvalue weighted by Gasteiger charge is -2.16. The third-order valence-electron chi connectivity index (χ3n) is 5.47. The summed E-state index contributed by atoms with van der Waals surface area (Å²) in [4.78, 5) is 24.4. The molecule has 0 aliphatic carbocycles. The van der Waals surface area contributed by atoms with Crippen LogP contribution in [0.3, 0.4) is 0 Å². The Morgan fingerprint density at radius 1 is 0.750 bits per heavy atom. The number of benzene rings is 2. The van der Waals surface area contributed by atoms with E-state index < -0.39 is 0 Å². The van der Waals surface area contributed by atoms with E-state index in [0.717, 1.165) is 32.4 Å². The van der Waals surface area contributed by atoms with Crippen molar-refractivity contribution >= 4 is 24.0 Å². The van der Waals surface area contributed by atoms with Crippen LogP contribution in [-0.2, 0) is 9.59 Å². The summed E-state index contributed by atoms with van der Waals surface area (Å²) in [5, 5.41) is 19.4. The first-order valence-corrected chi connectivity index (χ1v) is 11.9. The molecule has 0 aromatic heterocycles. The molecule has 2 aromatic rings. The summed E-state index contributed by atoms with van der Waals surface area (Å²) in [6.45, 7) is 2.76. The second-order valence-electron chi connectivity index (χ2n) is 8.11. The number of carbonyl (C=O) groups is 2. The molecule has 2 aliphatic rings. The standard InChI is InChI=1S/C27H33N3O6/c1-34-26-20-8-11-22(27(26)35-2)36-23-18-19(6-10-21(23)31)7-12-24(32)30-17-5-15-28-14-3-4-16-29-25(33)13-9-20/h6-13,18,28,31H,3-5,14-17H2,1-2H3,(H,29,33)(H,30,32)/b12-7+,13-9?. The molecule has 0 spiro atoms. The van der Waals surface area contributed by atoms with E-state index in [1.807, 2.05) is 0 Å². The lowest BCUT2D eigenvalue weighted by Crippen LogP contribution is -2.27. The molecule has 4 bridgehead atoms. The minimum atomic E-state index is -0.204. The quantitative estimate of drug-likeness (QED) is 0.505. The topological polar surface area (TPSA) is 118 Å². The number of hydrogen-bond donors (Lipinski definition) is 4. The molecule has 2 aromatic carbocycles. The number of carbonyl (C=O) groups excluding carboxylic acids is 2. The van der Waals surface area contributed by atoms with Gasteiger partial charge in [-0.2, -0.15) is 0 Å². The molecule has 4 rings (SSSR count). The lowest BCUT2D eigenvalue weighted by atomic mass is 10.1. The minimum Gasteiger partial charge on any atom is -0.504 e. The SMILES string of the molecule is COc1c2ccc(c1OC)Oc1cc(ccc1O)/C=C/C(=O)NCCCNCCCCNC(=O)C=C2. The van der Waals surface area contributed by atoms with Crippen LogP contribution in [0, 0.1) is 0 Å². The van der Waals surface area contributed by atoms with E-state index >= 15 is 0 Å². The minimum absolute atomic E-state index is 0.0767. The predicted octanol–water partition coefficient (Wildman–Crippen LogP) is 3.23. The number of hydrogen-bond acceptors (Lipinski definition) is 7. The highest BCUT2D eigenvalue weighted by Gasteiger charge is 2.17. The van der Waals surface area contributed by atoms with Crippen LogP contribution < -0.4 is 30.2 Å². The van der Waals surface area contributed by atoms with Gasteiger partial charge in [0.25, 0.3) is 0 Å². The number of phenolic OH excluding ortho intramolecular Hbond substituents is 1. The molecular weight excluding hydrogens is 462 g/mol. The molecule has 9 nitrogen and oxygen atoms in total. The van der Waals surface area contributed by atoms with Crippen molar-refractivity contribution in [2.75, 3.05) is 40.4 Å². The molecule has 0 radical (unpaired) electrons. The van der Waals surface area contributed by atoms with Crippen LogP contribution in [0.1, 0.15) is 30.4 Å². The van der Waals surface area contributed by atoms with Gasteiger partial charge in [-0.3, -0.25) is 9.59 Å². The summed E-state index contributed by atoms with van der Waals surface area (Å²) >= 11 is 0. The lowest BCUT2D eigenvalue weighted by molar-refractivity contribution is -0.117. The van der Waals surface area contributed by atoms with Crippen LogP contribution in [0.5, 0.6) is 28.7 Å². The summed E-state index contributed by atoms with van der Waals surface area (Å²) in [6.07, 6.45) is 8.78. The van der Waals surface area contributed by atoms with Crippen LogP contribution in [0.4, 0.5) is 0 Å². The summed E-state index contributed by atoms with van der Waals surface area (Å²) < 4.78 is 17.0. The number of nitrogens with one attached hydrogen (secondary N) is 3. The summed E-state index contributed by atoms with van der Waals surface area (Å²) in [5.41, 5.74) is 1.30. The van der Waals surface area contributed by atoms with Crippen molar-refractivity contribution in [2.45, 2.75) is 19.3 Å². The largest absolute Gasteiger partial charge is 0.504 e. The maximum atomic E-state index is 12.2. The molecule has 0 saturated heterocycles. The van der Waals surface area contributed by atoms with Crippen LogP contribution >= 0.6 is 0 Å². The third kappa shape index (κ3) is 7.78. The molecule has 0 atom stereocenters. The number of rotatable bonds is 2. The van der Waals surface area contributed by atoms with E-state index in [-0.39, 0.29) is 23.3 Å². The monoisotopic (exact) mass is 495 g/mol. The van der Waals surface area contributed by atoms with Crippen molar-refractivity contribution < 1.29 is 28.9 Å². The van der Waals surface area contributed by atoms with E-state index in [9.17, 15) is 14.7 Å². The van der Waals surface area contributed by atoms with Crippen molar-refractivity contribution in [1.29, 1.82) is 0 Å². The zero-order chi connectivity index (χ0) is 25.8. The Balaban J connectivity index is 1.90. The zero-order valence-corrected chi connectivity index (χ0v) is 20.6. The van der Waals surface area contributed by atoms with Gasteiger partial charge in [0.05, 0.1) is 14.2 Å². The highest BCUT2D eigenvalue weighted by molar-refractivity contribution is 5.92. The Morgan fingerprint density at radius 2 is 1.42 bits per heavy atom.